The summed E-state index contributed by atoms with van der Waals surface area (Å²) in [5.41, 5.74) is 11.3. The van der Waals surface area contributed by atoms with Gasteiger partial charge in [0.1, 0.15) is 0 Å². The van der Waals surface area contributed by atoms with Crippen molar-refractivity contribution in [3.05, 3.63) is 0 Å². The number of hydrogen-bond donors (Lipinski definition) is 2. The minimum atomic E-state index is 0. The lowest BCUT2D eigenvalue weighted by Crippen LogP contribution is -2.12. The van der Waals surface area contributed by atoms with E-state index < -0.39 is 0 Å². The molecule has 1 rings (SSSR count). The molecular weight excluding hydrogens is 159 g/mol. The molecule has 0 saturated heterocycles. The smallest absolute Gasteiger partial charge is 0.0265 e. The van der Waals surface area contributed by atoms with Crippen molar-refractivity contribution in [2.24, 2.45) is 16.9 Å². The van der Waals surface area contributed by atoms with Gasteiger partial charge in [-0.05, 0) is 5.41 Å². The summed E-state index contributed by atoms with van der Waals surface area (Å²) in [6.45, 7) is 4.17. The Morgan fingerprint density at radius 2 is 1.11 bits per heavy atom. The van der Waals surface area contributed by atoms with Crippen molar-refractivity contribution in [2.75, 3.05) is 0 Å². The summed E-state index contributed by atoms with van der Waals surface area (Å²) in [6, 6.07) is 0.486. The van der Waals surface area contributed by atoms with Crippen molar-refractivity contribution >= 4 is 24.8 Å². The molecule has 9 heavy (non-hydrogen) atoms. The lowest BCUT2D eigenvalue weighted by atomic mass is 10.2. The van der Waals surface area contributed by atoms with Crippen LogP contribution >= 0.6 is 24.8 Å². The van der Waals surface area contributed by atoms with Gasteiger partial charge in [0.05, 0.1) is 0 Å². The minimum Gasteiger partial charge on any atom is -0.326 e. The van der Waals surface area contributed by atoms with Crippen molar-refractivity contribution in [3.8, 4) is 0 Å². The van der Waals surface area contributed by atoms with Gasteiger partial charge >= 0.3 is 0 Å². The molecule has 2 unspecified atom stereocenters. The maximum atomic E-state index is 5.52. The van der Waals surface area contributed by atoms with E-state index in [4.69, 9.17) is 11.5 Å². The molecule has 0 aliphatic heterocycles. The zero-order valence-corrected chi connectivity index (χ0v) is 7.26. The Hall–Kier alpha value is 0.500. The third-order valence-electron chi connectivity index (χ3n) is 2.00. The van der Waals surface area contributed by atoms with Gasteiger partial charge in [0, 0.05) is 12.1 Å². The van der Waals surface area contributed by atoms with Crippen molar-refractivity contribution in [2.45, 2.75) is 25.9 Å². The van der Waals surface area contributed by atoms with Gasteiger partial charge < -0.3 is 11.5 Å². The standard InChI is InChI=1S/C5H12N2.2ClH/c1-5(2)3(6)4(5)7;;/h3-4H,6-7H2,1-2H3;2*1H. The minimum absolute atomic E-state index is 0. The molecule has 0 amide bonds. The van der Waals surface area contributed by atoms with Crippen LogP contribution in [0.1, 0.15) is 13.8 Å². The van der Waals surface area contributed by atoms with Crippen molar-refractivity contribution < 1.29 is 0 Å². The summed E-state index contributed by atoms with van der Waals surface area (Å²) in [7, 11) is 0. The summed E-state index contributed by atoms with van der Waals surface area (Å²) < 4.78 is 0. The molecule has 0 aromatic carbocycles. The van der Waals surface area contributed by atoms with Crippen LogP contribution in [0.4, 0.5) is 0 Å². The van der Waals surface area contributed by atoms with E-state index in [2.05, 4.69) is 13.8 Å². The van der Waals surface area contributed by atoms with Gasteiger partial charge in [-0.25, -0.2) is 0 Å². The van der Waals surface area contributed by atoms with Gasteiger partial charge in [0.15, 0.2) is 0 Å². The predicted octanol–water partition coefficient (Wildman–Crippen LogP) is 0.524. The Labute approximate surface area is 68.2 Å². The second kappa shape index (κ2) is 3.06. The monoisotopic (exact) mass is 172 g/mol. The van der Waals surface area contributed by atoms with Gasteiger partial charge in [-0.1, -0.05) is 13.8 Å². The third kappa shape index (κ3) is 1.71. The second-order valence-electron chi connectivity index (χ2n) is 2.87. The summed E-state index contributed by atoms with van der Waals surface area (Å²) in [5.74, 6) is 0. The fraction of sp³-hybridized carbons (Fsp3) is 1.00. The Kier molecular flexibility index (Phi) is 4.15. The molecule has 1 aliphatic carbocycles. The Morgan fingerprint density at radius 3 is 1.11 bits per heavy atom. The van der Waals surface area contributed by atoms with Crippen molar-refractivity contribution in [1.82, 2.24) is 0 Å². The van der Waals surface area contributed by atoms with Gasteiger partial charge in [-0.15, -0.1) is 24.8 Å². The first-order valence-corrected chi connectivity index (χ1v) is 2.58. The molecule has 4 N–H and O–H groups in total. The molecule has 1 fully saturated rings. The molecule has 58 valence electrons. The fourth-order valence-corrected chi connectivity index (χ4v) is 0.718. The quantitative estimate of drug-likeness (QED) is 0.561. The number of halogens is 2. The number of nitrogens with two attached hydrogens (primary N) is 2. The summed E-state index contributed by atoms with van der Waals surface area (Å²) >= 11 is 0. The SMILES string of the molecule is CC1(C)C(N)C1N.Cl.Cl. The fourth-order valence-electron chi connectivity index (χ4n) is 0.718. The highest BCUT2D eigenvalue weighted by Gasteiger charge is 2.52. The van der Waals surface area contributed by atoms with Crippen LogP contribution in [0.25, 0.3) is 0 Å². The van der Waals surface area contributed by atoms with Gasteiger partial charge in [0.2, 0.25) is 0 Å². The normalized spacial score (nSPS) is 36.0. The van der Waals surface area contributed by atoms with E-state index in [0.29, 0.717) is 0 Å². The van der Waals surface area contributed by atoms with Crippen molar-refractivity contribution in [3.63, 3.8) is 0 Å². The van der Waals surface area contributed by atoms with Crippen LogP contribution in [-0.4, -0.2) is 12.1 Å². The number of rotatable bonds is 0. The predicted molar refractivity (Wildman–Crippen MR) is 44.2 cm³/mol. The van der Waals surface area contributed by atoms with E-state index in [1.807, 2.05) is 0 Å². The van der Waals surface area contributed by atoms with Crippen molar-refractivity contribution in [1.29, 1.82) is 0 Å². The van der Waals surface area contributed by atoms with Crippen LogP contribution in [0.2, 0.25) is 0 Å². The zero-order chi connectivity index (χ0) is 5.65. The molecule has 0 radical (unpaired) electrons. The zero-order valence-electron chi connectivity index (χ0n) is 5.63. The lowest BCUT2D eigenvalue weighted by molar-refractivity contribution is 0.597. The molecular formula is C5H14Cl2N2. The average Bonchev–Trinajstić information content (AvgIpc) is 1.91. The molecule has 2 nitrogen and oxygen atoms in total. The molecule has 1 saturated carbocycles. The van der Waals surface area contributed by atoms with Crippen LogP contribution in [0.5, 0.6) is 0 Å². The summed E-state index contributed by atoms with van der Waals surface area (Å²) in [6.07, 6.45) is 0. The highest BCUT2D eigenvalue weighted by molar-refractivity contribution is 5.85. The highest BCUT2D eigenvalue weighted by atomic mass is 35.5. The van der Waals surface area contributed by atoms with Crippen LogP contribution in [0.3, 0.4) is 0 Å². The first-order valence-electron chi connectivity index (χ1n) is 2.58. The first-order chi connectivity index (χ1) is 3.07. The van der Waals surface area contributed by atoms with E-state index >= 15 is 0 Å². The number of hydrogen-bond acceptors (Lipinski definition) is 2. The molecule has 0 aromatic heterocycles. The van der Waals surface area contributed by atoms with E-state index in [-0.39, 0.29) is 42.3 Å². The van der Waals surface area contributed by atoms with E-state index in [1.54, 1.807) is 0 Å². The molecule has 0 aromatic rings. The molecule has 1 aliphatic rings. The molecule has 2 atom stereocenters. The second-order valence-corrected chi connectivity index (χ2v) is 2.87. The Balaban J connectivity index is 0. The van der Waals surface area contributed by atoms with Crippen LogP contribution in [0, 0.1) is 5.41 Å². The molecule has 4 heteroatoms. The van der Waals surface area contributed by atoms with Gasteiger partial charge in [-0.3, -0.25) is 0 Å². The Morgan fingerprint density at radius 1 is 1.00 bits per heavy atom. The summed E-state index contributed by atoms with van der Waals surface area (Å²) in [5, 5.41) is 0. The van der Waals surface area contributed by atoms with Gasteiger partial charge in [-0.2, -0.15) is 0 Å². The van der Waals surface area contributed by atoms with Crippen LogP contribution < -0.4 is 11.5 Å². The lowest BCUT2D eigenvalue weighted by Gasteiger charge is -1.93. The van der Waals surface area contributed by atoms with E-state index in [1.165, 1.54) is 0 Å². The van der Waals surface area contributed by atoms with E-state index in [9.17, 15) is 0 Å². The highest BCUT2D eigenvalue weighted by Crippen LogP contribution is 2.41. The maximum absolute atomic E-state index is 5.52. The van der Waals surface area contributed by atoms with Gasteiger partial charge in [0.25, 0.3) is 0 Å². The maximum Gasteiger partial charge on any atom is 0.0265 e. The van der Waals surface area contributed by atoms with Crippen LogP contribution in [0.15, 0.2) is 0 Å². The van der Waals surface area contributed by atoms with Crippen LogP contribution in [-0.2, 0) is 0 Å². The molecule has 0 bridgehead atoms. The third-order valence-corrected chi connectivity index (χ3v) is 2.00. The summed E-state index contributed by atoms with van der Waals surface area (Å²) in [4.78, 5) is 0. The molecule has 0 spiro atoms. The Bertz CT molecular complexity index is 85.0. The largest absolute Gasteiger partial charge is 0.326 e. The molecule has 0 heterocycles. The van der Waals surface area contributed by atoms with E-state index in [0.717, 1.165) is 0 Å². The average molecular weight is 173 g/mol. The topological polar surface area (TPSA) is 52.0 Å². The first kappa shape index (κ1) is 12.2.